The van der Waals surface area contributed by atoms with Gasteiger partial charge in [0.2, 0.25) is 5.91 Å². The van der Waals surface area contributed by atoms with Gasteiger partial charge in [-0.15, -0.1) is 0 Å². The summed E-state index contributed by atoms with van der Waals surface area (Å²) < 4.78 is 13.5. The Kier molecular flexibility index (Phi) is 5.29. The van der Waals surface area contributed by atoms with Crippen LogP contribution in [0.2, 0.25) is 0 Å². The van der Waals surface area contributed by atoms with Crippen LogP contribution in [0, 0.1) is 0 Å². The van der Waals surface area contributed by atoms with Crippen LogP contribution in [0.3, 0.4) is 0 Å². The number of hydrogen-bond acceptors (Lipinski definition) is 5. The Bertz CT molecular complexity index is 1080. The summed E-state index contributed by atoms with van der Waals surface area (Å²) in [5, 5.41) is 0.905. The fraction of sp³-hybridized carbons (Fsp3) is 0.391. The van der Waals surface area contributed by atoms with Gasteiger partial charge in [-0.3, -0.25) is 4.79 Å². The molecular weight excluding hydrogens is 398 g/mol. The van der Waals surface area contributed by atoms with Crippen molar-refractivity contribution >= 4 is 28.7 Å². The third-order valence-electron chi connectivity index (χ3n) is 5.78. The molecule has 0 spiro atoms. The first-order valence-corrected chi connectivity index (χ1v) is 11.5. The van der Waals surface area contributed by atoms with Crippen molar-refractivity contribution in [2.24, 2.45) is 0 Å². The molecule has 6 nitrogen and oxygen atoms in total. The van der Waals surface area contributed by atoms with Crippen LogP contribution >= 0.6 is 11.8 Å². The highest BCUT2D eigenvalue weighted by Crippen LogP contribution is 2.38. The van der Waals surface area contributed by atoms with Crippen LogP contribution in [0.15, 0.2) is 47.6 Å². The Morgan fingerprint density at radius 3 is 2.87 bits per heavy atom. The lowest BCUT2D eigenvalue weighted by molar-refractivity contribution is -0.129. The zero-order valence-corrected chi connectivity index (χ0v) is 17.9. The average Bonchev–Trinajstić information content (AvgIpc) is 3.41. The fourth-order valence-electron chi connectivity index (χ4n) is 4.36. The number of amides is 1. The molecule has 0 radical (unpaired) electrons. The van der Waals surface area contributed by atoms with E-state index in [1.807, 2.05) is 35.2 Å². The van der Waals surface area contributed by atoms with E-state index < -0.39 is 0 Å². The number of rotatable bonds is 5. The average molecular weight is 424 g/mol. The number of benzene rings is 2. The van der Waals surface area contributed by atoms with Gasteiger partial charge in [-0.2, -0.15) is 0 Å². The van der Waals surface area contributed by atoms with Crippen LogP contribution in [0.5, 0.6) is 11.5 Å². The quantitative estimate of drug-likeness (QED) is 0.573. The summed E-state index contributed by atoms with van der Waals surface area (Å²) in [6.07, 6.45) is 1.99. The third kappa shape index (κ3) is 3.51. The minimum absolute atomic E-state index is 0.0962. The Labute approximate surface area is 180 Å². The first kappa shape index (κ1) is 19.3. The van der Waals surface area contributed by atoms with Crippen molar-refractivity contribution in [2.75, 3.05) is 25.5 Å². The number of carbonyl (C=O) groups is 1. The molecule has 0 saturated carbocycles. The first-order chi connectivity index (χ1) is 14.7. The molecule has 2 aliphatic rings. The molecule has 1 fully saturated rings. The maximum atomic E-state index is 13.1. The van der Waals surface area contributed by atoms with E-state index in [0.717, 1.165) is 59.2 Å². The molecule has 1 saturated heterocycles. The number of imidazole rings is 1. The third-order valence-corrected chi connectivity index (χ3v) is 6.75. The molecule has 3 heterocycles. The molecule has 5 rings (SSSR count). The van der Waals surface area contributed by atoms with Crippen LogP contribution in [0.4, 0.5) is 0 Å². The van der Waals surface area contributed by atoms with Crippen molar-refractivity contribution in [3.63, 3.8) is 0 Å². The minimum Gasteiger partial charge on any atom is -0.486 e. The van der Waals surface area contributed by atoms with Crippen LogP contribution < -0.4 is 9.47 Å². The number of thioether (sulfide) groups is 1. The lowest BCUT2D eigenvalue weighted by atomic mass is 10.0. The Morgan fingerprint density at radius 2 is 2.00 bits per heavy atom. The summed E-state index contributed by atoms with van der Waals surface area (Å²) >= 11 is 1.53. The van der Waals surface area contributed by atoms with Crippen molar-refractivity contribution in [2.45, 2.75) is 37.5 Å². The van der Waals surface area contributed by atoms with E-state index in [1.54, 1.807) is 0 Å². The number of nitrogens with zero attached hydrogens (tertiary/aromatic N) is 3. The molecule has 156 valence electrons. The van der Waals surface area contributed by atoms with Crippen LogP contribution in [-0.4, -0.2) is 45.9 Å². The smallest absolute Gasteiger partial charge is 0.233 e. The van der Waals surface area contributed by atoms with Gasteiger partial charge < -0.3 is 18.9 Å². The minimum atomic E-state index is 0.0962. The van der Waals surface area contributed by atoms with E-state index in [0.29, 0.717) is 19.0 Å². The maximum Gasteiger partial charge on any atom is 0.233 e. The van der Waals surface area contributed by atoms with Gasteiger partial charge in [0.1, 0.15) is 13.2 Å². The summed E-state index contributed by atoms with van der Waals surface area (Å²) in [5.74, 6) is 2.12. The number of aromatic nitrogens is 2. The zero-order valence-electron chi connectivity index (χ0n) is 17.0. The molecule has 0 aliphatic carbocycles. The maximum absolute atomic E-state index is 13.1. The van der Waals surface area contributed by atoms with Crippen LogP contribution in [-0.2, 0) is 11.3 Å². The zero-order chi connectivity index (χ0) is 20.5. The highest BCUT2D eigenvalue weighted by molar-refractivity contribution is 7.99. The van der Waals surface area contributed by atoms with Gasteiger partial charge in [-0.25, -0.2) is 4.98 Å². The predicted molar refractivity (Wildman–Crippen MR) is 117 cm³/mol. The van der Waals surface area contributed by atoms with Crippen molar-refractivity contribution in [1.29, 1.82) is 0 Å². The van der Waals surface area contributed by atoms with Crippen LogP contribution in [0.25, 0.3) is 11.0 Å². The second-order valence-corrected chi connectivity index (χ2v) is 8.51. The number of para-hydroxylation sites is 2. The molecule has 1 unspecified atom stereocenters. The predicted octanol–water partition coefficient (Wildman–Crippen LogP) is 4.28. The molecule has 7 heteroatoms. The lowest BCUT2D eigenvalue weighted by Gasteiger charge is -2.26. The largest absolute Gasteiger partial charge is 0.486 e. The SMILES string of the molecule is CCn1c(SCC(=O)N2CCCC2c2ccc3c(c2)OCCO3)nc2ccccc21. The normalized spacial score (nSPS) is 18.2. The number of likely N-dealkylation sites (tertiary alicyclic amines) is 1. The Morgan fingerprint density at radius 1 is 1.17 bits per heavy atom. The fourth-order valence-corrected chi connectivity index (χ4v) is 5.32. The van der Waals surface area contributed by atoms with Gasteiger partial charge >= 0.3 is 0 Å². The number of ether oxygens (including phenoxy) is 2. The number of aryl methyl sites for hydroxylation is 1. The summed E-state index contributed by atoms with van der Waals surface area (Å²) in [6, 6.07) is 14.3. The highest BCUT2D eigenvalue weighted by atomic mass is 32.2. The Hall–Kier alpha value is -2.67. The molecule has 3 aromatic rings. The van der Waals surface area contributed by atoms with Crippen molar-refractivity contribution < 1.29 is 14.3 Å². The second kappa shape index (κ2) is 8.22. The lowest BCUT2D eigenvalue weighted by Crippen LogP contribution is -2.32. The van der Waals surface area contributed by atoms with E-state index in [-0.39, 0.29) is 11.9 Å². The molecule has 0 N–H and O–H groups in total. The molecule has 2 aromatic carbocycles. The summed E-state index contributed by atoms with van der Waals surface area (Å²) in [6.45, 7) is 4.89. The molecule has 1 aromatic heterocycles. The van der Waals surface area contributed by atoms with Gasteiger partial charge in [0.25, 0.3) is 0 Å². The van der Waals surface area contributed by atoms with Crippen molar-refractivity contribution in [3.05, 3.63) is 48.0 Å². The van der Waals surface area contributed by atoms with Gasteiger partial charge in [0.15, 0.2) is 16.7 Å². The number of carbonyl (C=O) groups excluding carboxylic acids is 1. The van der Waals surface area contributed by atoms with Gasteiger partial charge in [-0.05, 0) is 49.6 Å². The van der Waals surface area contributed by atoms with E-state index in [4.69, 9.17) is 14.5 Å². The van der Waals surface area contributed by atoms with Gasteiger partial charge in [-0.1, -0.05) is 30.0 Å². The topological polar surface area (TPSA) is 56.6 Å². The second-order valence-electron chi connectivity index (χ2n) is 7.56. The van der Waals surface area contributed by atoms with Crippen molar-refractivity contribution in [1.82, 2.24) is 14.5 Å². The summed E-state index contributed by atoms with van der Waals surface area (Å²) in [4.78, 5) is 19.9. The summed E-state index contributed by atoms with van der Waals surface area (Å²) in [5.41, 5.74) is 3.21. The van der Waals surface area contributed by atoms with Gasteiger partial charge in [0.05, 0.1) is 22.8 Å². The molecule has 0 bridgehead atoms. The molecule has 30 heavy (non-hydrogen) atoms. The molecule has 1 atom stereocenters. The molecule has 2 aliphatic heterocycles. The van der Waals surface area contributed by atoms with E-state index >= 15 is 0 Å². The van der Waals surface area contributed by atoms with Crippen molar-refractivity contribution in [3.8, 4) is 11.5 Å². The first-order valence-electron chi connectivity index (χ1n) is 10.5. The van der Waals surface area contributed by atoms with E-state index in [2.05, 4.69) is 23.6 Å². The standard InChI is InChI=1S/C23H25N3O3S/c1-2-25-19-7-4-3-6-17(19)24-23(25)30-15-22(27)26-11-5-8-18(26)16-9-10-20-21(14-16)29-13-12-28-20/h3-4,6-7,9-10,14,18H,2,5,8,11-13,15H2,1H3. The molecular formula is C23H25N3O3S. The van der Waals surface area contributed by atoms with Gasteiger partial charge in [0, 0.05) is 13.1 Å². The Balaban J connectivity index is 1.31. The van der Waals surface area contributed by atoms with E-state index in [9.17, 15) is 4.79 Å². The molecule has 1 amide bonds. The highest BCUT2D eigenvalue weighted by Gasteiger charge is 2.31. The summed E-state index contributed by atoms with van der Waals surface area (Å²) in [7, 11) is 0. The number of fused-ring (bicyclic) bond motifs is 2. The van der Waals surface area contributed by atoms with E-state index in [1.165, 1.54) is 11.8 Å². The number of hydrogen-bond donors (Lipinski definition) is 0. The monoisotopic (exact) mass is 423 g/mol. The van der Waals surface area contributed by atoms with Crippen LogP contribution in [0.1, 0.15) is 31.4 Å².